The average Bonchev–Trinajstić information content (AvgIpc) is 2.83. The summed E-state index contributed by atoms with van der Waals surface area (Å²) >= 11 is 3.52. The van der Waals surface area contributed by atoms with E-state index in [0.717, 1.165) is 42.1 Å². The topological polar surface area (TPSA) is 15.3 Å². The normalized spacial score (nSPS) is 28.3. The molecule has 1 aromatic rings. The molecule has 2 aliphatic heterocycles. The Morgan fingerprint density at radius 2 is 2.28 bits per heavy atom. The van der Waals surface area contributed by atoms with Crippen molar-refractivity contribution in [3.05, 3.63) is 34.1 Å². The molecule has 2 heterocycles. The van der Waals surface area contributed by atoms with Gasteiger partial charge < -0.3 is 5.32 Å². The van der Waals surface area contributed by atoms with Gasteiger partial charge in [-0.2, -0.15) is 0 Å². The molecule has 2 atom stereocenters. The Balaban J connectivity index is 1.77. The molecule has 0 bridgehead atoms. The van der Waals surface area contributed by atoms with Crippen LogP contribution in [-0.2, 0) is 6.54 Å². The Labute approximate surface area is 116 Å². The molecule has 1 N–H and O–H groups in total. The van der Waals surface area contributed by atoms with E-state index >= 15 is 0 Å². The summed E-state index contributed by atoms with van der Waals surface area (Å²) in [5.74, 6) is 0.636. The van der Waals surface area contributed by atoms with Crippen LogP contribution < -0.4 is 5.32 Å². The number of halogens is 2. The molecule has 2 nitrogen and oxygen atoms in total. The van der Waals surface area contributed by atoms with Gasteiger partial charge in [0.05, 0.1) is 0 Å². The highest BCUT2D eigenvalue weighted by Gasteiger charge is 2.34. The molecular formula is C14H18BrFN2. The van der Waals surface area contributed by atoms with Crippen molar-refractivity contribution in [1.29, 1.82) is 0 Å². The van der Waals surface area contributed by atoms with Crippen LogP contribution >= 0.6 is 15.9 Å². The van der Waals surface area contributed by atoms with Crippen LogP contribution in [0.5, 0.6) is 0 Å². The summed E-state index contributed by atoms with van der Waals surface area (Å²) in [5, 5.41) is 3.48. The van der Waals surface area contributed by atoms with Crippen molar-refractivity contribution in [2.24, 2.45) is 5.92 Å². The minimum atomic E-state index is -0.147. The zero-order chi connectivity index (χ0) is 12.5. The summed E-state index contributed by atoms with van der Waals surface area (Å²) in [4.78, 5) is 2.51. The number of piperidine rings is 1. The number of benzene rings is 1. The smallest absolute Gasteiger partial charge is 0.123 e. The lowest BCUT2D eigenvalue weighted by atomic mass is 9.91. The maximum absolute atomic E-state index is 13.3. The molecule has 1 aromatic carbocycles. The summed E-state index contributed by atoms with van der Waals surface area (Å²) in [7, 11) is 0. The first kappa shape index (κ1) is 12.6. The van der Waals surface area contributed by atoms with Crippen LogP contribution in [0.25, 0.3) is 0 Å². The fourth-order valence-electron chi connectivity index (χ4n) is 3.24. The van der Waals surface area contributed by atoms with Gasteiger partial charge in [-0.15, -0.1) is 0 Å². The highest BCUT2D eigenvalue weighted by molar-refractivity contribution is 9.10. The van der Waals surface area contributed by atoms with Gasteiger partial charge in [0.2, 0.25) is 0 Å². The molecule has 0 aliphatic carbocycles. The molecule has 4 heteroatoms. The largest absolute Gasteiger partial charge is 0.315 e. The molecule has 0 radical (unpaired) electrons. The Morgan fingerprint density at radius 1 is 1.39 bits per heavy atom. The zero-order valence-corrected chi connectivity index (χ0v) is 11.9. The number of hydrogen-bond acceptors (Lipinski definition) is 2. The fourth-order valence-corrected chi connectivity index (χ4v) is 3.61. The molecule has 2 aliphatic rings. The molecule has 98 valence electrons. The Bertz CT molecular complexity index is 438. The predicted octanol–water partition coefficient (Wildman–Crippen LogP) is 2.77. The van der Waals surface area contributed by atoms with Gasteiger partial charge in [0.1, 0.15) is 5.82 Å². The number of likely N-dealkylation sites (tertiary alicyclic amines) is 1. The maximum atomic E-state index is 13.3. The molecule has 0 amide bonds. The van der Waals surface area contributed by atoms with Crippen molar-refractivity contribution in [3.8, 4) is 0 Å². The third-order valence-corrected chi connectivity index (χ3v) is 4.95. The minimum Gasteiger partial charge on any atom is -0.315 e. The van der Waals surface area contributed by atoms with Crippen LogP contribution in [0.15, 0.2) is 22.7 Å². The van der Waals surface area contributed by atoms with E-state index in [1.54, 1.807) is 12.1 Å². The summed E-state index contributed by atoms with van der Waals surface area (Å²) in [6, 6.07) is 5.59. The van der Waals surface area contributed by atoms with E-state index in [1.165, 1.54) is 18.9 Å². The lowest BCUT2D eigenvalue weighted by Gasteiger charge is -2.37. The Hall–Kier alpha value is -0.450. The van der Waals surface area contributed by atoms with Gasteiger partial charge in [-0.05, 0) is 55.6 Å². The van der Waals surface area contributed by atoms with Crippen molar-refractivity contribution in [3.63, 3.8) is 0 Å². The van der Waals surface area contributed by atoms with E-state index in [-0.39, 0.29) is 5.82 Å². The van der Waals surface area contributed by atoms with Gasteiger partial charge in [0.25, 0.3) is 0 Å². The predicted molar refractivity (Wildman–Crippen MR) is 73.9 cm³/mol. The van der Waals surface area contributed by atoms with Gasteiger partial charge in [-0.25, -0.2) is 4.39 Å². The van der Waals surface area contributed by atoms with Gasteiger partial charge in [0, 0.05) is 23.6 Å². The molecule has 0 saturated carbocycles. The van der Waals surface area contributed by atoms with E-state index in [0.29, 0.717) is 6.04 Å². The molecular weight excluding hydrogens is 295 g/mol. The van der Waals surface area contributed by atoms with Crippen LogP contribution in [0.4, 0.5) is 4.39 Å². The van der Waals surface area contributed by atoms with Crippen LogP contribution in [0.1, 0.15) is 18.4 Å². The van der Waals surface area contributed by atoms with Gasteiger partial charge in [-0.1, -0.05) is 15.9 Å². The Kier molecular flexibility index (Phi) is 3.68. The average molecular weight is 313 g/mol. The minimum absolute atomic E-state index is 0.147. The quantitative estimate of drug-likeness (QED) is 0.903. The number of rotatable bonds is 2. The molecule has 0 spiro atoms. The molecule has 0 aromatic heterocycles. The summed E-state index contributed by atoms with van der Waals surface area (Å²) in [5.41, 5.74) is 1.06. The Morgan fingerprint density at radius 3 is 3.17 bits per heavy atom. The van der Waals surface area contributed by atoms with Crippen LogP contribution in [-0.4, -0.2) is 30.6 Å². The highest BCUT2D eigenvalue weighted by Crippen LogP contribution is 2.29. The first-order chi connectivity index (χ1) is 8.74. The molecule has 3 rings (SSSR count). The first-order valence-electron chi connectivity index (χ1n) is 6.63. The molecule has 2 unspecified atom stereocenters. The third-order valence-electron chi connectivity index (χ3n) is 4.17. The lowest BCUT2D eigenvalue weighted by molar-refractivity contribution is 0.117. The summed E-state index contributed by atoms with van der Waals surface area (Å²) < 4.78 is 14.3. The standard InChI is InChI=1S/C14H18BrFN2/c15-13-4-3-12(16)6-11(13)9-18-5-1-2-10-7-17-8-14(10)18/h3-4,6,10,14,17H,1-2,5,7-9H2. The monoisotopic (exact) mass is 312 g/mol. The van der Waals surface area contributed by atoms with E-state index in [4.69, 9.17) is 0 Å². The maximum Gasteiger partial charge on any atom is 0.123 e. The first-order valence-corrected chi connectivity index (χ1v) is 7.42. The van der Waals surface area contributed by atoms with E-state index in [9.17, 15) is 4.39 Å². The highest BCUT2D eigenvalue weighted by atomic mass is 79.9. The van der Waals surface area contributed by atoms with Gasteiger partial charge in [0.15, 0.2) is 0 Å². The van der Waals surface area contributed by atoms with Crippen LogP contribution in [0, 0.1) is 11.7 Å². The number of hydrogen-bond donors (Lipinski definition) is 1. The summed E-state index contributed by atoms with van der Waals surface area (Å²) in [6.45, 7) is 4.20. The van der Waals surface area contributed by atoms with Crippen molar-refractivity contribution < 1.29 is 4.39 Å². The number of nitrogens with zero attached hydrogens (tertiary/aromatic N) is 1. The van der Waals surface area contributed by atoms with Crippen molar-refractivity contribution in [2.45, 2.75) is 25.4 Å². The third kappa shape index (κ3) is 2.46. The van der Waals surface area contributed by atoms with E-state index in [1.807, 2.05) is 0 Å². The number of nitrogens with one attached hydrogen (secondary N) is 1. The zero-order valence-electron chi connectivity index (χ0n) is 10.3. The van der Waals surface area contributed by atoms with Crippen molar-refractivity contribution >= 4 is 15.9 Å². The van der Waals surface area contributed by atoms with Gasteiger partial charge >= 0.3 is 0 Å². The second-order valence-electron chi connectivity index (χ2n) is 5.33. The number of fused-ring (bicyclic) bond motifs is 1. The van der Waals surface area contributed by atoms with Crippen molar-refractivity contribution in [1.82, 2.24) is 10.2 Å². The van der Waals surface area contributed by atoms with Gasteiger partial charge in [-0.3, -0.25) is 4.90 Å². The second kappa shape index (κ2) is 5.27. The van der Waals surface area contributed by atoms with E-state index in [2.05, 4.69) is 26.1 Å². The summed E-state index contributed by atoms with van der Waals surface area (Å²) in [6.07, 6.45) is 2.59. The molecule has 2 saturated heterocycles. The van der Waals surface area contributed by atoms with Crippen LogP contribution in [0.2, 0.25) is 0 Å². The van der Waals surface area contributed by atoms with Crippen LogP contribution in [0.3, 0.4) is 0 Å². The molecule has 18 heavy (non-hydrogen) atoms. The second-order valence-corrected chi connectivity index (χ2v) is 6.19. The van der Waals surface area contributed by atoms with Crippen molar-refractivity contribution in [2.75, 3.05) is 19.6 Å². The SMILES string of the molecule is Fc1ccc(Br)c(CN2CCCC3CNCC32)c1. The fraction of sp³-hybridized carbons (Fsp3) is 0.571. The lowest BCUT2D eigenvalue weighted by Crippen LogP contribution is -2.44. The van der Waals surface area contributed by atoms with E-state index < -0.39 is 0 Å². The molecule has 2 fully saturated rings.